The summed E-state index contributed by atoms with van der Waals surface area (Å²) in [6, 6.07) is 3.85. The number of thiazole rings is 1. The van der Waals surface area contributed by atoms with Crippen LogP contribution in [0.5, 0.6) is 0 Å². The van der Waals surface area contributed by atoms with Crippen molar-refractivity contribution in [1.29, 1.82) is 0 Å². The predicted octanol–water partition coefficient (Wildman–Crippen LogP) is 1.84. The van der Waals surface area contributed by atoms with Crippen molar-refractivity contribution in [2.75, 3.05) is 13.2 Å². The van der Waals surface area contributed by atoms with Gasteiger partial charge in [-0.3, -0.25) is 19.2 Å². The number of benzene rings is 1. The Morgan fingerprint density at radius 3 is 2.77 bits per heavy atom. The number of H-pyrrole nitrogens is 1. The highest BCUT2D eigenvalue weighted by atomic mass is 32.1. The summed E-state index contributed by atoms with van der Waals surface area (Å²) in [5.41, 5.74) is 1.10. The summed E-state index contributed by atoms with van der Waals surface area (Å²) < 4.78 is 6.23. The van der Waals surface area contributed by atoms with Gasteiger partial charge in [-0.15, -0.1) is 0 Å². The third-order valence-electron chi connectivity index (χ3n) is 6.75. The summed E-state index contributed by atoms with van der Waals surface area (Å²) in [5.74, 6) is -0.526. The number of amides is 2. The van der Waals surface area contributed by atoms with Crippen molar-refractivity contribution >= 4 is 39.2 Å². The molecule has 31 heavy (non-hydrogen) atoms. The normalized spacial score (nSPS) is 25.0. The number of hydrogen-bond donors (Lipinski definition) is 2. The van der Waals surface area contributed by atoms with Crippen LogP contribution >= 0.6 is 11.3 Å². The van der Waals surface area contributed by atoms with E-state index in [-0.39, 0.29) is 41.1 Å². The maximum Gasteiger partial charge on any atom is 0.305 e. The van der Waals surface area contributed by atoms with Crippen molar-refractivity contribution in [1.82, 2.24) is 15.2 Å². The van der Waals surface area contributed by atoms with E-state index in [1.165, 1.54) is 0 Å². The highest BCUT2D eigenvalue weighted by molar-refractivity contribution is 7.16. The Hall–Kier alpha value is -2.52. The zero-order chi connectivity index (χ0) is 21.5. The summed E-state index contributed by atoms with van der Waals surface area (Å²) in [5, 5.41) is 2.98. The van der Waals surface area contributed by atoms with Gasteiger partial charge in [0, 0.05) is 12.1 Å². The van der Waals surface area contributed by atoms with Crippen LogP contribution in [-0.2, 0) is 14.3 Å². The number of carbonyl (C=O) groups is 3. The molecule has 9 heteroatoms. The Bertz CT molecular complexity index is 1090. The lowest BCUT2D eigenvalue weighted by molar-refractivity contribution is -0.139. The van der Waals surface area contributed by atoms with Crippen LogP contribution in [0, 0.1) is 5.92 Å². The first kappa shape index (κ1) is 20.4. The molecule has 2 saturated heterocycles. The van der Waals surface area contributed by atoms with Crippen molar-refractivity contribution in [3.63, 3.8) is 0 Å². The minimum atomic E-state index is -0.666. The van der Waals surface area contributed by atoms with Gasteiger partial charge in [0.05, 0.1) is 16.3 Å². The van der Waals surface area contributed by atoms with Gasteiger partial charge in [-0.05, 0) is 43.4 Å². The predicted molar refractivity (Wildman–Crippen MR) is 115 cm³/mol. The first-order valence-corrected chi connectivity index (χ1v) is 11.7. The zero-order valence-electron chi connectivity index (χ0n) is 17.1. The van der Waals surface area contributed by atoms with E-state index in [0.717, 1.165) is 43.4 Å². The van der Waals surface area contributed by atoms with Gasteiger partial charge in [-0.2, -0.15) is 0 Å². The highest BCUT2D eigenvalue weighted by Crippen LogP contribution is 2.32. The molecule has 1 saturated carbocycles. The second kappa shape index (κ2) is 8.20. The number of aromatic nitrogens is 1. The molecule has 8 nitrogen and oxygen atoms in total. The third kappa shape index (κ3) is 3.80. The van der Waals surface area contributed by atoms with E-state index in [1.54, 1.807) is 23.1 Å². The Labute approximate surface area is 182 Å². The number of hydrogen-bond acceptors (Lipinski definition) is 6. The molecule has 0 spiro atoms. The van der Waals surface area contributed by atoms with Gasteiger partial charge < -0.3 is 19.9 Å². The van der Waals surface area contributed by atoms with Crippen molar-refractivity contribution in [2.24, 2.45) is 5.92 Å². The number of ether oxygens (including phenoxy) is 1. The first-order valence-electron chi connectivity index (χ1n) is 10.9. The van der Waals surface area contributed by atoms with Crippen LogP contribution in [-0.4, -0.2) is 58.8 Å². The van der Waals surface area contributed by atoms with E-state index in [2.05, 4.69) is 10.3 Å². The molecule has 3 aliphatic rings. The van der Waals surface area contributed by atoms with Crippen molar-refractivity contribution in [3.8, 4) is 0 Å². The Morgan fingerprint density at radius 1 is 1.16 bits per heavy atom. The van der Waals surface area contributed by atoms with Crippen molar-refractivity contribution in [2.45, 2.75) is 56.7 Å². The van der Waals surface area contributed by atoms with Gasteiger partial charge in [0.1, 0.15) is 18.7 Å². The summed E-state index contributed by atoms with van der Waals surface area (Å²) in [7, 11) is 0. The number of carbonyl (C=O) groups excluding carboxylic acids is 3. The molecular formula is C22H25N3O5S. The lowest BCUT2D eigenvalue weighted by Crippen LogP contribution is -2.55. The number of nitrogens with zero attached hydrogens (tertiary/aromatic N) is 1. The van der Waals surface area contributed by atoms with E-state index in [9.17, 15) is 19.2 Å². The van der Waals surface area contributed by atoms with E-state index >= 15 is 0 Å². The summed E-state index contributed by atoms with van der Waals surface area (Å²) in [6.45, 7) is 0.529. The average Bonchev–Trinajstić information content (AvgIpc) is 3.46. The second-order valence-corrected chi connectivity index (χ2v) is 9.67. The van der Waals surface area contributed by atoms with E-state index in [4.69, 9.17) is 4.74 Å². The average molecular weight is 444 g/mol. The molecule has 0 bridgehead atoms. The number of Topliss-reactive ketones (excluding diaryl/α,β-unsaturated/α-hetero) is 1. The minimum Gasteiger partial charge on any atom is -0.368 e. The number of ketones is 1. The molecule has 3 fully saturated rings. The molecule has 2 N–H and O–H groups in total. The number of rotatable bonds is 4. The van der Waals surface area contributed by atoms with E-state index in [0.29, 0.717) is 28.7 Å². The standard InChI is InChI=1S/C22H25N3O5S/c26-15-11-30-16-8-9-25(19(15)16)21(28)18(12-4-2-1-3-5-12)24-20(27)13-6-7-14-17(10-13)31-22(29)23-14/h6-7,10,12,16,18-19H,1-5,8-9,11H2,(H,23,29)(H,24,27)/t16-,18+,19-/m1/s1. The van der Waals surface area contributed by atoms with Gasteiger partial charge in [0.2, 0.25) is 5.91 Å². The maximum absolute atomic E-state index is 13.6. The number of fused-ring (bicyclic) bond motifs is 2. The molecule has 1 aliphatic carbocycles. The highest BCUT2D eigenvalue weighted by Gasteiger charge is 2.49. The second-order valence-electron chi connectivity index (χ2n) is 8.66. The lowest BCUT2D eigenvalue weighted by atomic mass is 9.83. The van der Waals surface area contributed by atoms with Gasteiger partial charge in [-0.1, -0.05) is 30.6 Å². The van der Waals surface area contributed by atoms with Crippen LogP contribution in [0.15, 0.2) is 23.0 Å². The fourth-order valence-electron chi connectivity index (χ4n) is 5.18. The topological polar surface area (TPSA) is 109 Å². The Balaban J connectivity index is 1.40. The number of likely N-dealkylation sites (tertiary alicyclic amines) is 1. The molecule has 2 aliphatic heterocycles. The minimum absolute atomic E-state index is 0.0497. The molecule has 3 heterocycles. The zero-order valence-corrected chi connectivity index (χ0v) is 17.9. The molecule has 1 aromatic heterocycles. The lowest BCUT2D eigenvalue weighted by Gasteiger charge is -2.34. The summed E-state index contributed by atoms with van der Waals surface area (Å²) >= 11 is 1.05. The molecule has 0 radical (unpaired) electrons. The summed E-state index contributed by atoms with van der Waals surface area (Å²) in [6.07, 6.45) is 5.37. The molecular weight excluding hydrogens is 418 g/mol. The monoisotopic (exact) mass is 443 g/mol. The van der Waals surface area contributed by atoms with Crippen molar-refractivity contribution in [3.05, 3.63) is 33.4 Å². The first-order chi connectivity index (χ1) is 15.0. The van der Waals surface area contributed by atoms with E-state index < -0.39 is 12.1 Å². The fourth-order valence-corrected chi connectivity index (χ4v) is 5.96. The van der Waals surface area contributed by atoms with Gasteiger partial charge in [-0.25, -0.2) is 0 Å². The summed E-state index contributed by atoms with van der Waals surface area (Å²) in [4.78, 5) is 54.7. The van der Waals surface area contributed by atoms with Crippen LogP contribution < -0.4 is 10.2 Å². The molecule has 5 rings (SSSR count). The van der Waals surface area contributed by atoms with Gasteiger partial charge in [0.25, 0.3) is 5.91 Å². The Kier molecular flexibility index (Phi) is 5.39. The number of aromatic amines is 1. The quantitative estimate of drug-likeness (QED) is 0.750. The fraction of sp³-hybridized carbons (Fsp3) is 0.545. The largest absolute Gasteiger partial charge is 0.368 e. The van der Waals surface area contributed by atoms with E-state index in [1.807, 2.05) is 0 Å². The molecule has 3 atom stereocenters. The molecule has 2 aromatic rings. The molecule has 0 unspecified atom stereocenters. The number of nitrogens with one attached hydrogen (secondary N) is 2. The molecule has 1 aromatic carbocycles. The SMILES string of the molecule is O=C(N[C@H](C(=O)N1CC[C@H]2OCC(=O)[C@H]21)C1CCCCC1)c1ccc2[nH]c(=O)sc2c1. The van der Waals surface area contributed by atoms with Crippen LogP contribution in [0.4, 0.5) is 0 Å². The van der Waals surface area contributed by atoms with Crippen LogP contribution in [0.1, 0.15) is 48.9 Å². The van der Waals surface area contributed by atoms with Crippen molar-refractivity contribution < 1.29 is 19.1 Å². The molecule has 2 amide bonds. The van der Waals surface area contributed by atoms with Crippen LogP contribution in [0.25, 0.3) is 10.2 Å². The molecule has 164 valence electrons. The van der Waals surface area contributed by atoms with Crippen LogP contribution in [0.2, 0.25) is 0 Å². The smallest absolute Gasteiger partial charge is 0.305 e. The van der Waals surface area contributed by atoms with Gasteiger partial charge >= 0.3 is 4.87 Å². The maximum atomic E-state index is 13.6. The third-order valence-corrected chi connectivity index (χ3v) is 7.60. The Morgan fingerprint density at radius 2 is 1.97 bits per heavy atom. The van der Waals surface area contributed by atoms with Crippen LogP contribution in [0.3, 0.4) is 0 Å². The van der Waals surface area contributed by atoms with Gasteiger partial charge in [0.15, 0.2) is 5.78 Å².